The van der Waals surface area contributed by atoms with Crippen molar-refractivity contribution in [2.45, 2.75) is 26.2 Å². The maximum absolute atomic E-state index is 9.29. The molecule has 0 N–H and O–H groups in total. The molecule has 0 fully saturated rings. The van der Waals surface area contributed by atoms with E-state index in [4.69, 9.17) is 19.8 Å². The van der Waals surface area contributed by atoms with Crippen molar-refractivity contribution < 1.29 is 21.2 Å². The Balaban J connectivity index is 1.84. The normalized spacial score (nSPS) is 19.2. The van der Waals surface area contributed by atoms with Crippen LogP contribution in [-0.2, 0) is 5.41 Å². The average Bonchev–Trinajstić information content (AvgIpc) is 2.95. The molecule has 0 atom stereocenters. The number of nitrogens with zero attached hydrogens (tertiary/aromatic N) is 1. The van der Waals surface area contributed by atoms with E-state index in [2.05, 4.69) is 0 Å². The first-order valence-corrected chi connectivity index (χ1v) is 9.94. The Labute approximate surface area is 201 Å². The summed E-state index contributed by atoms with van der Waals surface area (Å²) in [7, 11) is 0. The van der Waals surface area contributed by atoms with Crippen LogP contribution in [-0.4, -0.2) is 6.71 Å². The van der Waals surface area contributed by atoms with E-state index in [-0.39, 0.29) is 63.2 Å². The summed E-state index contributed by atoms with van der Waals surface area (Å²) in [5.74, 6) is 0.133. The van der Waals surface area contributed by atoms with E-state index in [0.29, 0.717) is 5.46 Å². The number of ether oxygens (including phenoxy) is 1. The average molecular weight is 413 g/mol. The quantitative estimate of drug-likeness (QED) is 0.335. The van der Waals surface area contributed by atoms with Crippen molar-refractivity contribution in [2.24, 2.45) is 0 Å². The van der Waals surface area contributed by atoms with Gasteiger partial charge in [-0.25, -0.2) is 0 Å². The molecule has 0 spiro atoms. The molecule has 6 rings (SSSR count). The summed E-state index contributed by atoms with van der Waals surface area (Å²) in [5, 5.41) is 0. The number of para-hydroxylation sites is 2. The van der Waals surface area contributed by atoms with Crippen molar-refractivity contribution in [1.82, 2.24) is 0 Å². The second kappa shape index (κ2) is 6.52. The lowest BCUT2D eigenvalue weighted by Gasteiger charge is -2.40. The van der Waals surface area contributed by atoms with E-state index < -0.39 is 66.5 Å². The maximum Gasteiger partial charge on any atom is 0.256 e. The largest absolute Gasteiger partial charge is 0.458 e. The molecule has 0 unspecified atom stereocenters. The Hall–Kier alpha value is -3.46. The number of hydrogen-bond acceptors (Lipinski definition) is 2. The minimum atomic E-state index is -1.05. The van der Waals surface area contributed by atoms with E-state index >= 15 is 0 Å². The Morgan fingerprint density at radius 1 is 0.806 bits per heavy atom. The molecule has 2 aliphatic rings. The van der Waals surface area contributed by atoms with E-state index in [1.54, 1.807) is 18.2 Å². The number of fused-ring (bicyclic) bond motifs is 4. The molecule has 0 saturated heterocycles. The van der Waals surface area contributed by atoms with Crippen molar-refractivity contribution in [3.8, 4) is 11.5 Å². The van der Waals surface area contributed by atoms with Crippen LogP contribution in [0.15, 0.2) is 90.7 Å². The lowest BCUT2D eigenvalue weighted by atomic mass is 9.34. The van der Waals surface area contributed by atoms with Crippen LogP contribution in [0.4, 0.5) is 17.1 Å². The third kappa shape index (κ3) is 2.73. The predicted octanol–water partition coefficient (Wildman–Crippen LogP) is 5.39. The van der Waals surface area contributed by atoms with Crippen molar-refractivity contribution in [3.63, 3.8) is 0 Å². The molecule has 0 amide bonds. The first-order valence-electron chi connectivity index (χ1n) is 15.9. The molecular formula is C28H24BNO. The highest BCUT2D eigenvalue weighted by Gasteiger charge is 2.41. The van der Waals surface area contributed by atoms with E-state index in [1.165, 1.54) is 4.90 Å². The van der Waals surface area contributed by atoms with Crippen LogP contribution in [0.25, 0.3) is 0 Å². The van der Waals surface area contributed by atoms with Gasteiger partial charge < -0.3 is 9.64 Å². The zero-order chi connectivity index (χ0) is 31.6. The molecule has 4 aromatic rings. The highest BCUT2D eigenvalue weighted by molar-refractivity contribution is 6.99. The number of anilines is 3. The fraction of sp³-hybridized carbons (Fsp3) is 0.143. The second-order valence-electron chi connectivity index (χ2n) is 8.54. The van der Waals surface area contributed by atoms with Gasteiger partial charge in [0.1, 0.15) is 11.5 Å². The molecule has 0 saturated carbocycles. The fourth-order valence-corrected chi connectivity index (χ4v) is 4.13. The van der Waals surface area contributed by atoms with E-state index in [0.717, 1.165) is 0 Å². The summed E-state index contributed by atoms with van der Waals surface area (Å²) in [4.78, 5) is 1.26. The minimum Gasteiger partial charge on any atom is -0.458 e. The Morgan fingerprint density at radius 2 is 1.58 bits per heavy atom. The topological polar surface area (TPSA) is 12.5 Å². The first-order chi connectivity index (χ1) is 20.0. The maximum atomic E-state index is 9.29. The van der Waals surface area contributed by atoms with Crippen LogP contribution in [0.3, 0.4) is 0 Å². The summed E-state index contributed by atoms with van der Waals surface area (Å²) >= 11 is 0. The zero-order valence-corrected chi connectivity index (χ0v) is 17.2. The van der Waals surface area contributed by atoms with Gasteiger partial charge in [-0.05, 0) is 63.7 Å². The van der Waals surface area contributed by atoms with Gasteiger partial charge in [-0.2, -0.15) is 0 Å². The molecule has 31 heavy (non-hydrogen) atoms. The molecule has 3 heteroatoms. The smallest absolute Gasteiger partial charge is 0.256 e. The Bertz CT molecular complexity index is 1910. The summed E-state index contributed by atoms with van der Waals surface area (Å²) in [5.41, 5.74) is -0.135. The minimum absolute atomic E-state index is 0.00722. The van der Waals surface area contributed by atoms with Crippen LogP contribution in [0.5, 0.6) is 11.5 Å². The lowest BCUT2D eigenvalue weighted by Crippen LogP contribution is -2.59. The summed E-state index contributed by atoms with van der Waals surface area (Å²) in [6, 6.07) is -0.811. The van der Waals surface area contributed by atoms with Crippen LogP contribution in [0.1, 0.15) is 42.8 Å². The molecule has 2 aliphatic heterocycles. The molecule has 2 heterocycles. The SMILES string of the molecule is [2H]c1c([2H])c([2H])c(N2c3cccc4c3B(c3c([2H])c(C(C)(C)C)c([2H])c([2H])c3O4)c3c([2H])c([2H])c([2H])c([2H])c32)c([2H])c1[2H]. The molecule has 0 aliphatic carbocycles. The molecule has 2 nitrogen and oxygen atoms in total. The fourth-order valence-electron chi connectivity index (χ4n) is 4.13. The molecule has 0 radical (unpaired) electrons. The summed E-state index contributed by atoms with van der Waals surface area (Å²) < 4.78 is 110. The summed E-state index contributed by atoms with van der Waals surface area (Å²) in [6.45, 7) is 4.39. The first kappa shape index (κ1) is 9.78. The van der Waals surface area contributed by atoms with Gasteiger partial charge in [0.15, 0.2) is 0 Å². The van der Waals surface area contributed by atoms with Gasteiger partial charge in [-0.15, -0.1) is 0 Å². The van der Waals surface area contributed by atoms with Gasteiger partial charge in [0, 0.05) is 17.1 Å². The number of benzene rings is 4. The third-order valence-corrected chi connectivity index (χ3v) is 5.55. The van der Waals surface area contributed by atoms with Gasteiger partial charge in [0.05, 0.1) is 16.4 Å². The van der Waals surface area contributed by atoms with Crippen LogP contribution < -0.4 is 26.0 Å². The van der Waals surface area contributed by atoms with Gasteiger partial charge in [-0.1, -0.05) is 75.2 Å². The molecule has 4 aromatic carbocycles. The standard InChI is InChI=1S/C28H24BNO/c1-28(2,3)19-16-17-25-22(18-19)29-21-12-7-8-13-23(21)30(20-10-5-4-6-11-20)24-14-9-15-26(31-25)27(24)29/h4-18H,1-3H3/i4D,5D,6D,7D,8D,10D,11D,12D,13D,16D,17D,18D. The second-order valence-corrected chi connectivity index (χ2v) is 8.54. The van der Waals surface area contributed by atoms with Crippen LogP contribution in [0, 0.1) is 0 Å². The van der Waals surface area contributed by atoms with Gasteiger partial charge in [0.25, 0.3) is 6.71 Å². The molecule has 150 valence electrons. The Kier molecular flexibility index (Phi) is 2.06. The number of rotatable bonds is 1. The van der Waals surface area contributed by atoms with Crippen molar-refractivity contribution in [2.75, 3.05) is 4.90 Å². The van der Waals surface area contributed by atoms with E-state index in [9.17, 15) is 1.37 Å². The highest BCUT2D eigenvalue weighted by Crippen LogP contribution is 2.40. The monoisotopic (exact) mass is 413 g/mol. The van der Waals surface area contributed by atoms with Crippen molar-refractivity contribution in [1.29, 1.82) is 0 Å². The number of hydrogen-bond donors (Lipinski definition) is 0. The van der Waals surface area contributed by atoms with E-state index in [1.807, 2.05) is 20.8 Å². The van der Waals surface area contributed by atoms with Gasteiger partial charge in [-0.3, -0.25) is 0 Å². The van der Waals surface area contributed by atoms with Crippen LogP contribution in [0.2, 0.25) is 0 Å². The molecule has 0 bridgehead atoms. The third-order valence-electron chi connectivity index (χ3n) is 5.55. The Morgan fingerprint density at radius 3 is 2.39 bits per heavy atom. The van der Waals surface area contributed by atoms with Gasteiger partial charge in [0.2, 0.25) is 0 Å². The van der Waals surface area contributed by atoms with Crippen molar-refractivity contribution in [3.05, 3.63) is 96.3 Å². The predicted molar refractivity (Wildman–Crippen MR) is 131 cm³/mol. The van der Waals surface area contributed by atoms with Gasteiger partial charge >= 0.3 is 0 Å². The highest BCUT2D eigenvalue weighted by atomic mass is 16.5. The van der Waals surface area contributed by atoms with Crippen LogP contribution >= 0.6 is 0 Å². The lowest BCUT2D eigenvalue weighted by molar-refractivity contribution is 0.486. The zero-order valence-electron chi connectivity index (χ0n) is 29.2. The summed E-state index contributed by atoms with van der Waals surface area (Å²) in [6.07, 6.45) is 0. The van der Waals surface area contributed by atoms with Crippen molar-refractivity contribution >= 4 is 40.2 Å². The molecular weight excluding hydrogens is 377 g/mol. The molecule has 0 aromatic heterocycles.